The van der Waals surface area contributed by atoms with E-state index in [0.717, 1.165) is 33.4 Å². The summed E-state index contributed by atoms with van der Waals surface area (Å²) >= 11 is 0. The molecule has 2 atom stereocenters. The third kappa shape index (κ3) is 3.18. The predicted octanol–water partition coefficient (Wildman–Crippen LogP) is 2.95. The van der Waals surface area contributed by atoms with Gasteiger partial charge in [0.25, 0.3) is 0 Å². The molecule has 2 N–H and O–H groups in total. The highest BCUT2D eigenvalue weighted by Crippen LogP contribution is 2.25. The quantitative estimate of drug-likeness (QED) is 0.893. The molecule has 2 aromatic rings. The number of carbonyl (C=O) groups excluding carboxylic acids is 2. The number of amides is 2. The molecule has 1 aliphatic rings. The molecule has 1 aliphatic heterocycles. The van der Waals surface area contributed by atoms with Gasteiger partial charge in [-0.05, 0) is 38.8 Å². The number of piperazine rings is 1. The lowest BCUT2D eigenvalue weighted by Gasteiger charge is -2.30. The average molecular weight is 322 g/mol. The van der Waals surface area contributed by atoms with E-state index in [1.807, 2.05) is 64.1 Å². The zero-order valence-corrected chi connectivity index (χ0v) is 14.4. The van der Waals surface area contributed by atoms with Gasteiger partial charge in [-0.2, -0.15) is 0 Å². The molecule has 0 saturated carbocycles. The van der Waals surface area contributed by atoms with E-state index in [1.54, 1.807) is 0 Å². The number of aryl methyl sites for hydroxylation is 4. The monoisotopic (exact) mass is 322 g/mol. The van der Waals surface area contributed by atoms with E-state index in [2.05, 4.69) is 10.6 Å². The summed E-state index contributed by atoms with van der Waals surface area (Å²) in [4.78, 5) is 25.2. The van der Waals surface area contributed by atoms with Crippen molar-refractivity contribution in [3.63, 3.8) is 0 Å². The second-order valence-electron chi connectivity index (χ2n) is 6.73. The minimum absolute atomic E-state index is 0.177. The summed E-state index contributed by atoms with van der Waals surface area (Å²) in [7, 11) is 0. The van der Waals surface area contributed by atoms with Gasteiger partial charge >= 0.3 is 0 Å². The van der Waals surface area contributed by atoms with Crippen molar-refractivity contribution < 1.29 is 9.59 Å². The van der Waals surface area contributed by atoms with Gasteiger partial charge in [-0.15, -0.1) is 0 Å². The Morgan fingerprint density at radius 3 is 1.17 bits per heavy atom. The van der Waals surface area contributed by atoms with E-state index in [0.29, 0.717) is 0 Å². The molecule has 2 aromatic carbocycles. The molecule has 3 rings (SSSR count). The maximum Gasteiger partial charge on any atom is 0.248 e. The molecule has 2 amide bonds. The van der Waals surface area contributed by atoms with Crippen molar-refractivity contribution in [3.05, 3.63) is 69.8 Å². The zero-order chi connectivity index (χ0) is 17.4. The van der Waals surface area contributed by atoms with Gasteiger partial charge < -0.3 is 10.6 Å². The van der Waals surface area contributed by atoms with Crippen LogP contribution in [0.4, 0.5) is 0 Å². The molecule has 0 bridgehead atoms. The molecule has 1 heterocycles. The van der Waals surface area contributed by atoms with Crippen LogP contribution in [0, 0.1) is 27.7 Å². The van der Waals surface area contributed by atoms with Crippen molar-refractivity contribution in [1.82, 2.24) is 10.6 Å². The molecule has 0 radical (unpaired) electrons. The third-order valence-electron chi connectivity index (χ3n) is 4.25. The normalized spacial score (nSPS) is 20.5. The van der Waals surface area contributed by atoms with Gasteiger partial charge in [0.1, 0.15) is 12.1 Å². The Morgan fingerprint density at radius 1 is 0.583 bits per heavy atom. The van der Waals surface area contributed by atoms with E-state index in [9.17, 15) is 9.59 Å². The molecule has 1 fully saturated rings. The van der Waals surface area contributed by atoms with E-state index in [-0.39, 0.29) is 11.8 Å². The fourth-order valence-electron chi connectivity index (χ4n) is 3.40. The minimum Gasteiger partial charge on any atom is -0.338 e. The van der Waals surface area contributed by atoms with Crippen LogP contribution in [-0.4, -0.2) is 11.8 Å². The number of carbonyl (C=O) groups is 2. The SMILES string of the molecule is Cc1cc(C)cc([C@@H]2NC(=O)[C@@H](c3cc(C)cc(C)c3)NC2=O)c1. The number of hydrogen-bond donors (Lipinski definition) is 2. The summed E-state index contributed by atoms with van der Waals surface area (Å²) in [6.45, 7) is 7.93. The Labute approximate surface area is 142 Å². The Balaban J connectivity index is 1.89. The lowest BCUT2D eigenvalue weighted by Crippen LogP contribution is -2.53. The zero-order valence-electron chi connectivity index (χ0n) is 14.4. The Bertz CT molecular complexity index is 716. The standard InChI is InChI=1S/C20H22N2O2/c1-11-5-12(2)8-15(7-11)17-19(23)22-18(20(24)21-17)16-9-13(3)6-14(4)10-16/h5-10,17-18H,1-4H3,(H,21,24)(H,22,23)/t17-,18+. The van der Waals surface area contributed by atoms with Gasteiger partial charge in [-0.1, -0.05) is 58.7 Å². The molecule has 1 saturated heterocycles. The Morgan fingerprint density at radius 2 is 0.875 bits per heavy atom. The fraction of sp³-hybridized carbons (Fsp3) is 0.300. The molecule has 4 heteroatoms. The second-order valence-corrected chi connectivity index (χ2v) is 6.73. The first-order valence-corrected chi connectivity index (χ1v) is 8.10. The summed E-state index contributed by atoms with van der Waals surface area (Å²) in [6, 6.07) is 10.6. The van der Waals surface area contributed by atoms with Crippen molar-refractivity contribution in [2.45, 2.75) is 39.8 Å². The number of nitrogens with one attached hydrogen (secondary N) is 2. The van der Waals surface area contributed by atoms with Crippen molar-refractivity contribution in [1.29, 1.82) is 0 Å². The minimum atomic E-state index is -0.641. The Kier molecular flexibility index (Phi) is 4.14. The molecule has 24 heavy (non-hydrogen) atoms. The van der Waals surface area contributed by atoms with Crippen LogP contribution in [0.1, 0.15) is 45.5 Å². The van der Waals surface area contributed by atoms with Gasteiger partial charge in [0.15, 0.2) is 0 Å². The summed E-state index contributed by atoms with van der Waals surface area (Å²) in [6.07, 6.45) is 0. The van der Waals surface area contributed by atoms with Gasteiger partial charge in [0.2, 0.25) is 11.8 Å². The first-order chi connectivity index (χ1) is 11.3. The van der Waals surface area contributed by atoms with Gasteiger partial charge in [-0.3, -0.25) is 9.59 Å². The second kappa shape index (κ2) is 6.11. The van der Waals surface area contributed by atoms with Crippen LogP contribution in [0.15, 0.2) is 36.4 Å². The summed E-state index contributed by atoms with van der Waals surface area (Å²) < 4.78 is 0. The lowest BCUT2D eigenvalue weighted by atomic mass is 9.95. The molecule has 124 valence electrons. The lowest BCUT2D eigenvalue weighted by molar-refractivity contribution is -0.137. The summed E-state index contributed by atoms with van der Waals surface area (Å²) in [5.41, 5.74) is 5.92. The molecular weight excluding hydrogens is 300 g/mol. The first kappa shape index (κ1) is 16.2. The van der Waals surface area contributed by atoms with Crippen molar-refractivity contribution in [2.24, 2.45) is 0 Å². The van der Waals surface area contributed by atoms with Crippen molar-refractivity contribution >= 4 is 11.8 Å². The summed E-state index contributed by atoms with van der Waals surface area (Å²) in [5, 5.41) is 5.75. The highest BCUT2D eigenvalue weighted by atomic mass is 16.2. The van der Waals surface area contributed by atoms with Crippen LogP contribution in [-0.2, 0) is 9.59 Å². The topological polar surface area (TPSA) is 58.2 Å². The van der Waals surface area contributed by atoms with E-state index in [4.69, 9.17) is 0 Å². The third-order valence-corrected chi connectivity index (χ3v) is 4.25. The number of rotatable bonds is 2. The van der Waals surface area contributed by atoms with Gasteiger partial charge in [0, 0.05) is 0 Å². The molecule has 4 nitrogen and oxygen atoms in total. The van der Waals surface area contributed by atoms with Crippen LogP contribution >= 0.6 is 0 Å². The Hall–Kier alpha value is -2.62. The van der Waals surface area contributed by atoms with Gasteiger partial charge in [0.05, 0.1) is 0 Å². The van der Waals surface area contributed by atoms with Crippen LogP contribution in [0.25, 0.3) is 0 Å². The van der Waals surface area contributed by atoms with Crippen molar-refractivity contribution in [3.8, 4) is 0 Å². The largest absolute Gasteiger partial charge is 0.338 e. The van der Waals surface area contributed by atoms with E-state index in [1.165, 1.54) is 0 Å². The maximum absolute atomic E-state index is 12.6. The van der Waals surface area contributed by atoms with E-state index < -0.39 is 12.1 Å². The van der Waals surface area contributed by atoms with Crippen LogP contribution in [0.2, 0.25) is 0 Å². The van der Waals surface area contributed by atoms with Crippen LogP contribution < -0.4 is 10.6 Å². The number of benzene rings is 2. The van der Waals surface area contributed by atoms with Crippen molar-refractivity contribution in [2.75, 3.05) is 0 Å². The van der Waals surface area contributed by atoms with Gasteiger partial charge in [-0.25, -0.2) is 0 Å². The summed E-state index contributed by atoms with van der Waals surface area (Å²) in [5.74, 6) is -0.354. The fourth-order valence-corrected chi connectivity index (χ4v) is 3.40. The molecule has 0 spiro atoms. The highest BCUT2D eigenvalue weighted by molar-refractivity contribution is 5.98. The predicted molar refractivity (Wildman–Crippen MR) is 93.6 cm³/mol. The number of hydrogen-bond acceptors (Lipinski definition) is 2. The maximum atomic E-state index is 12.6. The average Bonchev–Trinajstić information content (AvgIpc) is 2.47. The molecule has 0 aromatic heterocycles. The van der Waals surface area contributed by atoms with E-state index >= 15 is 0 Å². The molecule has 0 aliphatic carbocycles. The highest BCUT2D eigenvalue weighted by Gasteiger charge is 2.35. The first-order valence-electron chi connectivity index (χ1n) is 8.10. The van der Waals surface area contributed by atoms with Crippen LogP contribution in [0.5, 0.6) is 0 Å². The van der Waals surface area contributed by atoms with Crippen LogP contribution in [0.3, 0.4) is 0 Å². The smallest absolute Gasteiger partial charge is 0.248 e. The molecule has 0 unspecified atom stereocenters. The molecular formula is C20H22N2O2.